The van der Waals surface area contributed by atoms with Gasteiger partial charge < -0.3 is 20.5 Å². The van der Waals surface area contributed by atoms with Gasteiger partial charge in [0.2, 0.25) is 11.9 Å². The number of esters is 1. The molecule has 2 aromatic carbocycles. The molecule has 1 heterocycles. The Labute approximate surface area is 170 Å². The van der Waals surface area contributed by atoms with Gasteiger partial charge in [0.1, 0.15) is 11.6 Å². The lowest BCUT2D eigenvalue weighted by atomic mass is 10.1. The van der Waals surface area contributed by atoms with E-state index in [1.54, 1.807) is 12.1 Å². The van der Waals surface area contributed by atoms with Crippen LogP contribution < -0.4 is 15.8 Å². The predicted molar refractivity (Wildman–Crippen MR) is 105 cm³/mol. The first-order chi connectivity index (χ1) is 14.0. The molecule has 0 atom stereocenters. The van der Waals surface area contributed by atoms with E-state index in [4.69, 9.17) is 26.8 Å². The number of anilines is 3. The lowest BCUT2D eigenvalue weighted by Crippen LogP contribution is -2.13. The Hall–Kier alpha value is -3.46. The second kappa shape index (κ2) is 9.16. The van der Waals surface area contributed by atoms with E-state index in [-0.39, 0.29) is 41.3 Å². The number of carbonyl (C=O) groups is 1. The summed E-state index contributed by atoms with van der Waals surface area (Å²) in [7, 11) is 1.54. The van der Waals surface area contributed by atoms with E-state index in [1.807, 2.05) is 12.1 Å². The monoisotopic (exact) mass is 417 g/mol. The minimum atomic E-state index is -0.685. The minimum Gasteiger partial charge on any atom is -0.495 e. The quantitative estimate of drug-likeness (QED) is 0.563. The van der Waals surface area contributed by atoms with Crippen LogP contribution in [0.4, 0.5) is 22.0 Å². The zero-order valence-electron chi connectivity index (χ0n) is 15.4. The van der Waals surface area contributed by atoms with Crippen molar-refractivity contribution < 1.29 is 18.7 Å². The number of nitrogens with one attached hydrogen (secondary N) is 1. The predicted octanol–water partition coefficient (Wildman–Crippen LogP) is 3.28. The zero-order chi connectivity index (χ0) is 20.8. The molecule has 0 aliphatic heterocycles. The van der Waals surface area contributed by atoms with Crippen LogP contribution in [0, 0.1) is 5.82 Å². The topological polar surface area (TPSA) is 112 Å². The van der Waals surface area contributed by atoms with E-state index in [1.165, 1.54) is 25.3 Å². The third-order valence-corrected chi connectivity index (χ3v) is 4.15. The second-order valence-corrected chi connectivity index (χ2v) is 6.20. The van der Waals surface area contributed by atoms with Gasteiger partial charge in [-0.3, -0.25) is 4.79 Å². The number of rotatable bonds is 7. The van der Waals surface area contributed by atoms with Gasteiger partial charge >= 0.3 is 5.97 Å². The highest BCUT2D eigenvalue weighted by atomic mass is 35.5. The van der Waals surface area contributed by atoms with Crippen molar-refractivity contribution in [1.29, 1.82) is 0 Å². The van der Waals surface area contributed by atoms with Crippen molar-refractivity contribution in [3.05, 3.63) is 64.7 Å². The van der Waals surface area contributed by atoms with Crippen LogP contribution in [0.15, 0.2) is 42.5 Å². The number of halogens is 2. The molecule has 1 aromatic heterocycles. The van der Waals surface area contributed by atoms with Crippen LogP contribution in [-0.4, -0.2) is 28.0 Å². The number of hydrogen-bond donors (Lipinski definition) is 2. The molecule has 0 saturated carbocycles. The summed E-state index contributed by atoms with van der Waals surface area (Å²) in [6.45, 7) is -0.266. The van der Waals surface area contributed by atoms with E-state index in [9.17, 15) is 9.18 Å². The molecular weight excluding hydrogens is 401 g/mol. The highest BCUT2D eigenvalue weighted by Crippen LogP contribution is 2.25. The summed E-state index contributed by atoms with van der Waals surface area (Å²) in [4.78, 5) is 24.2. The number of aromatic nitrogens is 3. The Morgan fingerprint density at radius 1 is 1.17 bits per heavy atom. The Balaban J connectivity index is 1.68. The lowest BCUT2D eigenvalue weighted by Gasteiger charge is -2.11. The van der Waals surface area contributed by atoms with Gasteiger partial charge in [-0.05, 0) is 24.3 Å². The lowest BCUT2D eigenvalue weighted by molar-refractivity contribution is -0.144. The van der Waals surface area contributed by atoms with Gasteiger partial charge in [0.15, 0.2) is 12.4 Å². The first kappa shape index (κ1) is 20.3. The van der Waals surface area contributed by atoms with Gasteiger partial charge in [-0.15, -0.1) is 0 Å². The number of nitrogen functional groups attached to an aromatic ring is 1. The van der Waals surface area contributed by atoms with Gasteiger partial charge in [0.25, 0.3) is 0 Å². The van der Waals surface area contributed by atoms with Gasteiger partial charge in [-0.25, -0.2) is 4.39 Å². The number of para-hydroxylation sites is 2. The molecule has 3 aromatic rings. The molecule has 3 rings (SSSR count). The van der Waals surface area contributed by atoms with Crippen molar-refractivity contribution in [2.45, 2.75) is 13.0 Å². The maximum atomic E-state index is 13.8. The molecule has 10 heteroatoms. The summed E-state index contributed by atoms with van der Waals surface area (Å²) in [5, 5.41) is 3.12. The molecule has 0 spiro atoms. The first-order valence-electron chi connectivity index (χ1n) is 8.45. The molecule has 0 aliphatic carbocycles. The number of ether oxygens (including phenoxy) is 2. The number of nitrogens with zero attached hydrogens (tertiary/aromatic N) is 3. The molecule has 0 fully saturated rings. The number of hydrogen-bond acceptors (Lipinski definition) is 8. The van der Waals surface area contributed by atoms with Gasteiger partial charge in [0.05, 0.1) is 19.2 Å². The number of methoxy groups -OCH3 is 1. The van der Waals surface area contributed by atoms with E-state index < -0.39 is 11.8 Å². The molecule has 0 amide bonds. The molecule has 0 bridgehead atoms. The molecule has 0 radical (unpaired) electrons. The Kier molecular flexibility index (Phi) is 6.40. The average Bonchev–Trinajstić information content (AvgIpc) is 2.69. The van der Waals surface area contributed by atoms with Crippen LogP contribution >= 0.6 is 11.6 Å². The molecule has 29 heavy (non-hydrogen) atoms. The van der Waals surface area contributed by atoms with E-state index >= 15 is 0 Å². The Bertz CT molecular complexity index is 1010. The Morgan fingerprint density at radius 3 is 2.72 bits per heavy atom. The number of benzene rings is 2. The molecule has 0 saturated heterocycles. The smallest absolute Gasteiger partial charge is 0.310 e. The van der Waals surface area contributed by atoms with Gasteiger partial charge in [-0.2, -0.15) is 15.0 Å². The third kappa shape index (κ3) is 5.29. The standard InChI is InChI=1S/C19H17ClFN5O3/c1-28-15-8-3-2-7-14(15)23-19-25-16(24-18(22)26-19)10-29-17(27)9-11-12(20)5-4-6-13(11)21/h2-8H,9-10H2,1H3,(H3,22,23,24,25,26). The fourth-order valence-electron chi connectivity index (χ4n) is 2.47. The summed E-state index contributed by atoms with van der Waals surface area (Å²) < 4.78 is 24.2. The SMILES string of the molecule is COc1ccccc1Nc1nc(N)nc(COC(=O)Cc2c(F)cccc2Cl)n1. The fourth-order valence-corrected chi connectivity index (χ4v) is 2.70. The molecule has 0 unspecified atom stereocenters. The highest BCUT2D eigenvalue weighted by molar-refractivity contribution is 6.31. The van der Waals surface area contributed by atoms with Crippen LogP contribution in [0.1, 0.15) is 11.4 Å². The Morgan fingerprint density at radius 2 is 1.97 bits per heavy atom. The van der Waals surface area contributed by atoms with Gasteiger partial charge in [0, 0.05) is 10.6 Å². The minimum absolute atomic E-state index is 0.0550. The molecule has 150 valence electrons. The summed E-state index contributed by atoms with van der Waals surface area (Å²) in [6, 6.07) is 11.3. The fraction of sp³-hybridized carbons (Fsp3) is 0.158. The normalized spacial score (nSPS) is 10.4. The van der Waals surface area contributed by atoms with E-state index in [0.29, 0.717) is 11.4 Å². The van der Waals surface area contributed by atoms with Crippen molar-refractivity contribution in [2.24, 2.45) is 0 Å². The third-order valence-electron chi connectivity index (χ3n) is 3.80. The van der Waals surface area contributed by atoms with Crippen LogP contribution in [0.25, 0.3) is 0 Å². The van der Waals surface area contributed by atoms with Crippen molar-refractivity contribution in [1.82, 2.24) is 15.0 Å². The van der Waals surface area contributed by atoms with Crippen molar-refractivity contribution >= 4 is 35.2 Å². The molecule has 3 N–H and O–H groups in total. The molecular formula is C19H17ClFN5O3. The van der Waals surface area contributed by atoms with Crippen molar-refractivity contribution in [3.8, 4) is 5.75 Å². The van der Waals surface area contributed by atoms with E-state index in [0.717, 1.165) is 0 Å². The zero-order valence-corrected chi connectivity index (χ0v) is 16.1. The second-order valence-electron chi connectivity index (χ2n) is 5.80. The van der Waals surface area contributed by atoms with Crippen LogP contribution in [-0.2, 0) is 22.6 Å². The number of carbonyl (C=O) groups excluding carboxylic acids is 1. The summed E-state index contributed by atoms with van der Waals surface area (Å²) in [6.07, 6.45) is -0.321. The first-order valence-corrected chi connectivity index (χ1v) is 8.83. The summed E-state index contributed by atoms with van der Waals surface area (Å²) in [5.74, 6) is -0.452. The van der Waals surface area contributed by atoms with Crippen LogP contribution in [0.2, 0.25) is 5.02 Å². The summed E-state index contributed by atoms with van der Waals surface area (Å²) >= 11 is 5.92. The van der Waals surface area contributed by atoms with Gasteiger partial charge in [-0.1, -0.05) is 29.8 Å². The van der Waals surface area contributed by atoms with Crippen LogP contribution in [0.3, 0.4) is 0 Å². The molecule has 8 nitrogen and oxygen atoms in total. The van der Waals surface area contributed by atoms with Crippen molar-refractivity contribution in [3.63, 3.8) is 0 Å². The maximum Gasteiger partial charge on any atom is 0.310 e. The number of nitrogens with two attached hydrogens (primary N) is 1. The maximum absolute atomic E-state index is 13.8. The summed E-state index contributed by atoms with van der Waals surface area (Å²) in [5.41, 5.74) is 6.40. The highest BCUT2D eigenvalue weighted by Gasteiger charge is 2.14. The molecule has 0 aliphatic rings. The van der Waals surface area contributed by atoms with Crippen molar-refractivity contribution in [2.75, 3.05) is 18.2 Å². The van der Waals surface area contributed by atoms with Crippen LogP contribution in [0.5, 0.6) is 5.75 Å². The largest absolute Gasteiger partial charge is 0.495 e. The van der Waals surface area contributed by atoms with E-state index in [2.05, 4.69) is 20.3 Å². The average molecular weight is 418 g/mol.